The van der Waals surface area contributed by atoms with Gasteiger partial charge >= 0.3 is 0 Å². The summed E-state index contributed by atoms with van der Waals surface area (Å²) in [5, 5.41) is 0. The van der Waals surface area contributed by atoms with Gasteiger partial charge in [-0.3, -0.25) is 0 Å². The summed E-state index contributed by atoms with van der Waals surface area (Å²) in [4.78, 5) is 0. The summed E-state index contributed by atoms with van der Waals surface area (Å²) in [6, 6.07) is 7.18. The third kappa shape index (κ3) is 3.01. The molecule has 4 nitrogen and oxygen atoms in total. The van der Waals surface area contributed by atoms with Crippen molar-refractivity contribution in [2.24, 2.45) is 0 Å². The zero-order chi connectivity index (χ0) is 10.6. The molecule has 0 saturated heterocycles. The highest BCUT2D eigenvalue weighted by Gasteiger charge is 2.06. The molecule has 0 heterocycles. The Balaban J connectivity index is 2.68. The first-order valence-electron chi connectivity index (χ1n) is 4.36. The first-order chi connectivity index (χ1) is 6.55. The van der Waals surface area contributed by atoms with Gasteiger partial charge in [0.05, 0.1) is 5.75 Å². The van der Waals surface area contributed by atoms with Crippen molar-refractivity contribution in [1.82, 2.24) is 4.72 Å². The predicted molar refractivity (Wildman–Crippen MR) is 57.2 cm³/mol. The molecule has 0 spiro atoms. The number of rotatable bonds is 4. The number of sulfonamides is 1. The van der Waals surface area contributed by atoms with E-state index in [0.29, 0.717) is 5.69 Å². The molecule has 78 valence electrons. The third-order valence-electron chi connectivity index (χ3n) is 1.92. The molecule has 0 atom stereocenters. The summed E-state index contributed by atoms with van der Waals surface area (Å²) < 4.78 is 24.7. The Morgan fingerprint density at radius 1 is 1.36 bits per heavy atom. The summed E-state index contributed by atoms with van der Waals surface area (Å²) in [5.41, 5.74) is 7.06. The molecule has 0 aliphatic rings. The van der Waals surface area contributed by atoms with Crippen LogP contribution < -0.4 is 10.5 Å². The van der Waals surface area contributed by atoms with Gasteiger partial charge in [-0.05, 0) is 18.6 Å². The van der Waals surface area contributed by atoms with Crippen LogP contribution in [-0.4, -0.2) is 14.2 Å². The summed E-state index contributed by atoms with van der Waals surface area (Å²) in [6.45, 7) is 1.85. The minimum Gasteiger partial charge on any atom is -0.398 e. The largest absolute Gasteiger partial charge is 0.398 e. The monoisotopic (exact) mass is 214 g/mol. The van der Waals surface area contributed by atoms with Crippen LogP contribution in [0.3, 0.4) is 0 Å². The van der Waals surface area contributed by atoms with E-state index in [2.05, 4.69) is 4.72 Å². The minimum absolute atomic E-state index is 0.0831. The molecule has 0 saturated carbocycles. The zero-order valence-electron chi connectivity index (χ0n) is 8.03. The lowest BCUT2D eigenvalue weighted by molar-refractivity contribution is 0.582. The van der Waals surface area contributed by atoms with Crippen LogP contribution in [0.5, 0.6) is 0 Å². The Labute approximate surface area is 84.2 Å². The summed E-state index contributed by atoms with van der Waals surface area (Å²) in [5.74, 6) is 0.0831. The SMILES string of the molecule is CCS(=O)(=O)NCc1ccccc1N. The van der Waals surface area contributed by atoms with Gasteiger partial charge in [0.2, 0.25) is 10.0 Å². The summed E-state index contributed by atoms with van der Waals surface area (Å²) in [6.07, 6.45) is 0. The number of nitrogens with one attached hydrogen (secondary N) is 1. The van der Waals surface area contributed by atoms with Crippen LogP contribution in [0.1, 0.15) is 12.5 Å². The molecule has 0 radical (unpaired) electrons. The van der Waals surface area contributed by atoms with E-state index in [0.717, 1.165) is 5.56 Å². The number of anilines is 1. The minimum atomic E-state index is -3.14. The van der Waals surface area contributed by atoms with Crippen molar-refractivity contribution in [3.05, 3.63) is 29.8 Å². The highest BCUT2D eigenvalue weighted by Crippen LogP contribution is 2.09. The maximum absolute atomic E-state index is 11.1. The van der Waals surface area contributed by atoms with Crippen LogP contribution in [0.4, 0.5) is 5.69 Å². The standard InChI is InChI=1S/C9H14N2O2S/c1-2-14(12,13)11-7-8-5-3-4-6-9(8)10/h3-6,11H,2,7,10H2,1H3. The van der Waals surface area contributed by atoms with E-state index < -0.39 is 10.0 Å². The molecule has 0 aliphatic carbocycles. The number of nitrogens with two attached hydrogens (primary N) is 1. The Morgan fingerprint density at radius 2 is 2.00 bits per heavy atom. The van der Waals surface area contributed by atoms with Crippen molar-refractivity contribution in [1.29, 1.82) is 0 Å². The molecule has 5 heteroatoms. The van der Waals surface area contributed by atoms with Gasteiger partial charge < -0.3 is 5.73 Å². The number of para-hydroxylation sites is 1. The van der Waals surface area contributed by atoms with E-state index in [1.165, 1.54) is 0 Å². The van der Waals surface area contributed by atoms with Gasteiger partial charge in [-0.15, -0.1) is 0 Å². The lowest BCUT2D eigenvalue weighted by Gasteiger charge is -2.06. The third-order valence-corrected chi connectivity index (χ3v) is 3.26. The first kappa shape index (κ1) is 11.0. The summed E-state index contributed by atoms with van der Waals surface area (Å²) in [7, 11) is -3.14. The van der Waals surface area contributed by atoms with Gasteiger partial charge in [-0.25, -0.2) is 13.1 Å². The highest BCUT2D eigenvalue weighted by atomic mass is 32.2. The second-order valence-electron chi connectivity index (χ2n) is 2.92. The maximum Gasteiger partial charge on any atom is 0.211 e. The van der Waals surface area contributed by atoms with Gasteiger partial charge in [0, 0.05) is 12.2 Å². The van der Waals surface area contributed by atoms with Crippen LogP contribution in [-0.2, 0) is 16.6 Å². The topological polar surface area (TPSA) is 72.2 Å². The molecule has 0 aliphatic heterocycles. The predicted octanol–water partition coefficient (Wildman–Crippen LogP) is 0.708. The Kier molecular flexibility index (Phi) is 3.49. The van der Waals surface area contributed by atoms with Crippen LogP contribution >= 0.6 is 0 Å². The van der Waals surface area contributed by atoms with Gasteiger partial charge in [0.25, 0.3) is 0 Å². The van der Waals surface area contributed by atoms with Crippen molar-refractivity contribution in [2.75, 3.05) is 11.5 Å². The molecule has 3 N–H and O–H groups in total. The lowest BCUT2D eigenvalue weighted by Crippen LogP contribution is -2.25. The molecule has 0 fully saturated rings. The molecule has 1 aromatic carbocycles. The fourth-order valence-corrected chi connectivity index (χ4v) is 1.56. The Morgan fingerprint density at radius 3 is 2.57 bits per heavy atom. The van der Waals surface area contributed by atoms with Gasteiger partial charge in [0.15, 0.2) is 0 Å². The van der Waals surface area contributed by atoms with Crippen LogP contribution in [0.15, 0.2) is 24.3 Å². The molecular formula is C9H14N2O2S. The average Bonchev–Trinajstić information content (AvgIpc) is 2.17. The van der Waals surface area contributed by atoms with E-state index in [-0.39, 0.29) is 12.3 Å². The molecule has 1 rings (SSSR count). The molecule has 0 bridgehead atoms. The highest BCUT2D eigenvalue weighted by molar-refractivity contribution is 7.89. The van der Waals surface area contributed by atoms with Gasteiger partial charge in [-0.2, -0.15) is 0 Å². The van der Waals surface area contributed by atoms with E-state index >= 15 is 0 Å². The van der Waals surface area contributed by atoms with Gasteiger partial charge in [-0.1, -0.05) is 18.2 Å². The Hall–Kier alpha value is -1.07. The van der Waals surface area contributed by atoms with Gasteiger partial charge in [0.1, 0.15) is 0 Å². The fraction of sp³-hybridized carbons (Fsp3) is 0.333. The van der Waals surface area contributed by atoms with Crippen molar-refractivity contribution >= 4 is 15.7 Å². The molecule has 0 amide bonds. The second-order valence-corrected chi connectivity index (χ2v) is 5.02. The second kappa shape index (κ2) is 4.43. The van der Waals surface area contributed by atoms with Crippen molar-refractivity contribution in [2.45, 2.75) is 13.5 Å². The van der Waals surface area contributed by atoms with Crippen LogP contribution in [0.25, 0.3) is 0 Å². The first-order valence-corrected chi connectivity index (χ1v) is 6.01. The maximum atomic E-state index is 11.1. The molecule has 14 heavy (non-hydrogen) atoms. The van der Waals surface area contributed by atoms with Crippen LogP contribution in [0.2, 0.25) is 0 Å². The van der Waals surface area contributed by atoms with Crippen molar-refractivity contribution in [3.63, 3.8) is 0 Å². The average molecular weight is 214 g/mol. The number of benzene rings is 1. The number of nitrogen functional groups attached to an aromatic ring is 1. The normalized spacial score (nSPS) is 11.5. The number of hydrogen-bond donors (Lipinski definition) is 2. The van der Waals surface area contributed by atoms with Crippen molar-refractivity contribution in [3.8, 4) is 0 Å². The van der Waals surface area contributed by atoms with Crippen molar-refractivity contribution < 1.29 is 8.42 Å². The van der Waals surface area contributed by atoms with Crippen LogP contribution in [0, 0.1) is 0 Å². The molecular weight excluding hydrogens is 200 g/mol. The summed E-state index contributed by atoms with van der Waals surface area (Å²) >= 11 is 0. The van der Waals surface area contributed by atoms with E-state index in [1.807, 2.05) is 12.1 Å². The zero-order valence-corrected chi connectivity index (χ0v) is 8.84. The Bertz CT molecular complexity index is 401. The molecule has 1 aromatic rings. The fourth-order valence-electron chi connectivity index (χ4n) is 0.985. The molecule has 0 aromatic heterocycles. The van der Waals surface area contributed by atoms with E-state index in [1.54, 1.807) is 19.1 Å². The smallest absolute Gasteiger partial charge is 0.211 e. The molecule has 0 unspecified atom stereocenters. The van der Waals surface area contributed by atoms with E-state index in [4.69, 9.17) is 5.73 Å². The quantitative estimate of drug-likeness (QED) is 0.725. The number of hydrogen-bond acceptors (Lipinski definition) is 3. The lowest BCUT2D eigenvalue weighted by atomic mass is 10.2. The van der Waals surface area contributed by atoms with E-state index in [9.17, 15) is 8.42 Å².